The summed E-state index contributed by atoms with van der Waals surface area (Å²) in [5.41, 5.74) is 3.41. The Bertz CT molecular complexity index is 1410. The van der Waals surface area contributed by atoms with Crippen molar-refractivity contribution in [1.82, 2.24) is 19.9 Å². The van der Waals surface area contributed by atoms with E-state index in [1.165, 1.54) is 13.1 Å². The number of pyridine rings is 1. The number of aromatic nitrogens is 3. The molecule has 35 heavy (non-hydrogen) atoms. The van der Waals surface area contributed by atoms with Gasteiger partial charge in [0.1, 0.15) is 10.6 Å². The predicted molar refractivity (Wildman–Crippen MR) is 137 cm³/mol. The Kier molecular flexibility index (Phi) is 4.43. The molecule has 0 bridgehead atoms. The standard InChI is InChI=1S/C25H29N7O2S/c1-2-30-12-24(13-30)14-31(15-24)19-6-7-21(26-11-19)28-23-27-10-18-4-3-5-20(22(18)29-23)32-16-25(17-32)8-9-35(25,33)34/h3-7,10-11H,2,8-9,12-17H2,1H3,(H,26,27,28,29). The number of fused-ring (bicyclic) bond motifs is 1. The maximum Gasteiger partial charge on any atom is 0.228 e. The Morgan fingerprint density at radius 2 is 1.80 bits per heavy atom. The molecule has 182 valence electrons. The average molecular weight is 492 g/mol. The number of nitrogens with one attached hydrogen (secondary N) is 1. The van der Waals surface area contributed by atoms with E-state index >= 15 is 0 Å². The Morgan fingerprint density at radius 3 is 2.46 bits per heavy atom. The van der Waals surface area contributed by atoms with Crippen molar-refractivity contribution in [3.05, 3.63) is 42.7 Å². The SMILES string of the molecule is CCN1CC2(C1)CN(c1ccc(Nc3ncc4cccc(N5CC6(CCS6(=O)=O)C5)c4n3)nc1)C2. The summed E-state index contributed by atoms with van der Waals surface area (Å²) in [7, 11) is -2.94. The molecule has 3 aromatic rings. The maximum absolute atomic E-state index is 12.2. The number of nitrogens with zero attached hydrogens (tertiary/aromatic N) is 6. The third-order valence-corrected chi connectivity index (χ3v) is 10.9. The predicted octanol–water partition coefficient (Wildman–Crippen LogP) is 2.29. The molecular formula is C25H29N7O2S. The summed E-state index contributed by atoms with van der Waals surface area (Å²) in [5.74, 6) is 1.49. The lowest BCUT2D eigenvalue weighted by atomic mass is 9.72. The molecule has 4 aliphatic rings. The zero-order valence-corrected chi connectivity index (χ0v) is 20.6. The molecule has 10 heteroatoms. The minimum absolute atomic E-state index is 0.314. The van der Waals surface area contributed by atoms with Gasteiger partial charge in [-0.2, -0.15) is 0 Å². The summed E-state index contributed by atoms with van der Waals surface area (Å²) in [6, 6.07) is 10.0. The normalized spacial score (nSPS) is 23.5. The van der Waals surface area contributed by atoms with Gasteiger partial charge in [-0.15, -0.1) is 0 Å². The number of sulfone groups is 1. The van der Waals surface area contributed by atoms with Gasteiger partial charge >= 0.3 is 0 Å². The van der Waals surface area contributed by atoms with Gasteiger partial charge in [0, 0.05) is 56.3 Å². The van der Waals surface area contributed by atoms with Crippen molar-refractivity contribution >= 4 is 43.9 Å². The van der Waals surface area contributed by atoms with Crippen molar-refractivity contribution in [2.45, 2.75) is 18.1 Å². The first-order chi connectivity index (χ1) is 16.9. The lowest BCUT2D eigenvalue weighted by molar-refractivity contribution is -0.0178. The zero-order valence-electron chi connectivity index (χ0n) is 19.8. The first kappa shape index (κ1) is 21.3. The van der Waals surface area contributed by atoms with Gasteiger partial charge in [0.2, 0.25) is 5.95 Å². The number of rotatable bonds is 5. The summed E-state index contributed by atoms with van der Waals surface area (Å²) in [4.78, 5) is 20.8. The Morgan fingerprint density at radius 1 is 0.971 bits per heavy atom. The van der Waals surface area contributed by atoms with Gasteiger partial charge in [-0.25, -0.2) is 23.4 Å². The van der Waals surface area contributed by atoms with E-state index in [0.717, 1.165) is 48.3 Å². The van der Waals surface area contributed by atoms with Crippen molar-refractivity contribution in [3.63, 3.8) is 0 Å². The van der Waals surface area contributed by atoms with Gasteiger partial charge in [-0.05, 0) is 31.2 Å². The Balaban J connectivity index is 1.05. The molecule has 0 amide bonds. The zero-order chi connectivity index (χ0) is 23.8. The van der Waals surface area contributed by atoms with E-state index in [9.17, 15) is 8.42 Å². The van der Waals surface area contributed by atoms with Gasteiger partial charge in [0.25, 0.3) is 0 Å². The van der Waals surface area contributed by atoms with Gasteiger partial charge in [0.15, 0.2) is 9.84 Å². The molecule has 4 saturated heterocycles. The van der Waals surface area contributed by atoms with E-state index in [-0.39, 0.29) is 0 Å². The number of hydrogen-bond acceptors (Lipinski definition) is 9. The third kappa shape index (κ3) is 3.22. The molecule has 1 aromatic carbocycles. The largest absolute Gasteiger partial charge is 0.369 e. The number of hydrogen-bond donors (Lipinski definition) is 1. The molecule has 0 saturated carbocycles. The molecule has 9 nitrogen and oxygen atoms in total. The highest BCUT2D eigenvalue weighted by Crippen LogP contribution is 2.45. The summed E-state index contributed by atoms with van der Waals surface area (Å²) in [6.45, 7) is 9.08. The fourth-order valence-electron chi connectivity index (χ4n) is 6.12. The molecule has 0 atom stereocenters. The van der Waals surface area contributed by atoms with Crippen molar-refractivity contribution in [3.8, 4) is 0 Å². The Labute approximate surface area is 205 Å². The van der Waals surface area contributed by atoms with Crippen LogP contribution in [0.1, 0.15) is 13.3 Å². The van der Waals surface area contributed by atoms with Crippen LogP contribution in [-0.2, 0) is 9.84 Å². The molecule has 0 radical (unpaired) electrons. The van der Waals surface area contributed by atoms with E-state index in [2.05, 4.69) is 43.0 Å². The molecule has 1 N–H and O–H groups in total. The van der Waals surface area contributed by atoms with Crippen LogP contribution in [0.4, 0.5) is 23.1 Å². The van der Waals surface area contributed by atoms with Crippen LogP contribution in [0.3, 0.4) is 0 Å². The van der Waals surface area contributed by atoms with Gasteiger partial charge in [-0.3, -0.25) is 0 Å². The fraction of sp³-hybridized carbons (Fsp3) is 0.480. The summed E-state index contributed by atoms with van der Waals surface area (Å²) < 4.78 is 23.9. The van der Waals surface area contributed by atoms with Gasteiger partial charge in [-0.1, -0.05) is 19.1 Å². The smallest absolute Gasteiger partial charge is 0.228 e. The van der Waals surface area contributed by atoms with Crippen LogP contribution in [0.25, 0.3) is 10.9 Å². The quantitative estimate of drug-likeness (QED) is 0.577. The summed E-state index contributed by atoms with van der Waals surface area (Å²) in [6.07, 6.45) is 4.47. The highest BCUT2D eigenvalue weighted by Gasteiger charge is 2.59. The second kappa shape index (κ2) is 7.27. The van der Waals surface area contributed by atoms with Crippen LogP contribution in [0.2, 0.25) is 0 Å². The number of benzene rings is 1. The monoisotopic (exact) mass is 491 g/mol. The van der Waals surface area contributed by atoms with E-state index < -0.39 is 14.6 Å². The highest BCUT2D eigenvalue weighted by molar-refractivity contribution is 7.94. The van der Waals surface area contributed by atoms with E-state index in [1.54, 1.807) is 6.20 Å². The van der Waals surface area contributed by atoms with E-state index in [0.29, 0.717) is 36.0 Å². The first-order valence-corrected chi connectivity index (χ1v) is 14.0. The lowest BCUT2D eigenvalue weighted by Crippen LogP contribution is -2.72. The number of para-hydroxylation sites is 1. The third-order valence-electron chi connectivity index (χ3n) is 8.35. The topological polar surface area (TPSA) is 94.6 Å². The molecule has 7 rings (SSSR count). The van der Waals surface area contributed by atoms with Gasteiger partial charge < -0.3 is 20.0 Å². The fourth-order valence-corrected chi connectivity index (χ4v) is 7.94. The second-order valence-corrected chi connectivity index (χ2v) is 13.2. The van der Waals surface area contributed by atoms with Crippen LogP contribution in [-0.4, -0.2) is 84.6 Å². The van der Waals surface area contributed by atoms with Crippen molar-refractivity contribution in [2.75, 3.05) is 66.7 Å². The highest BCUT2D eigenvalue weighted by atomic mass is 32.2. The van der Waals surface area contributed by atoms with Crippen LogP contribution < -0.4 is 15.1 Å². The molecule has 2 spiro atoms. The summed E-state index contributed by atoms with van der Waals surface area (Å²) >= 11 is 0. The van der Waals surface area contributed by atoms with E-state index in [4.69, 9.17) is 4.98 Å². The van der Waals surface area contributed by atoms with Crippen LogP contribution in [0.15, 0.2) is 42.7 Å². The maximum atomic E-state index is 12.2. The molecule has 2 aromatic heterocycles. The lowest BCUT2D eigenvalue weighted by Gasteiger charge is -2.61. The second-order valence-electron chi connectivity index (χ2n) is 10.7. The van der Waals surface area contributed by atoms with Gasteiger partial charge in [0.05, 0.1) is 28.8 Å². The molecule has 0 aliphatic carbocycles. The molecule has 4 fully saturated rings. The summed E-state index contributed by atoms with van der Waals surface area (Å²) in [5, 5.41) is 4.16. The molecular weight excluding hydrogens is 462 g/mol. The van der Waals surface area contributed by atoms with Crippen molar-refractivity contribution < 1.29 is 8.42 Å². The first-order valence-electron chi connectivity index (χ1n) is 12.3. The minimum Gasteiger partial charge on any atom is -0.369 e. The number of likely N-dealkylation sites (tertiary alicyclic amines) is 1. The van der Waals surface area contributed by atoms with Crippen LogP contribution >= 0.6 is 0 Å². The van der Waals surface area contributed by atoms with Crippen LogP contribution in [0, 0.1) is 5.41 Å². The number of anilines is 4. The Hall–Kier alpha value is -2.98. The molecule has 6 heterocycles. The average Bonchev–Trinajstić information content (AvgIpc) is 2.77. The van der Waals surface area contributed by atoms with Crippen molar-refractivity contribution in [2.24, 2.45) is 5.41 Å². The van der Waals surface area contributed by atoms with Crippen LogP contribution in [0.5, 0.6) is 0 Å². The van der Waals surface area contributed by atoms with E-state index in [1.807, 2.05) is 30.5 Å². The minimum atomic E-state index is -2.94. The van der Waals surface area contributed by atoms with Crippen molar-refractivity contribution in [1.29, 1.82) is 0 Å². The molecule has 0 unspecified atom stereocenters. The molecule has 4 aliphatic heterocycles.